The van der Waals surface area contributed by atoms with Gasteiger partial charge in [-0.25, -0.2) is 4.79 Å². The first-order valence-corrected chi connectivity index (χ1v) is 5.22. The van der Waals surface area contributed by atoms with Gasteiger partial charge in [-0.1, -0.05) is 33.8 Å². The van der Waals surface area contributed by atoms with Crippen LogP contribution in [0.1, 0.15) is 40.5 Å². The Balaban J connectivity index is 2.90. The second-order valence-electron chi connectivity index (χ2n) is 5.25. The zero-order valence-corrected chi connectivity index (χ0v) is 9.50. The average molecular weight is 196 g/mol. The molecule has 1 N–H and O–H groups in total. The lowest BCUT2D eigenvalue weighted by Gasteiger charge is -2.38. The van der Waals surface area contributed by atoms with Crippen molar-refractivity contribution in [3.05, 3.63) is 12.2 Å². The summed E-state index contributed by atoms with van der Waals surface area (Å²) in [5.74, 6) is -0.187. The fourth-order valence-electron chi connectivity index (χ4n) is 2.32. The monoisotopic (exact) mass is 196 g/mol. The van der Waals surface area contributed by atoms with E-state index in [-0.39, 0.29) is 10.8 Å². The molecule has 0 aromatic heterocycles. The number of hydrogen-bond donors (Lipinski definition) is 1. The van der Waals surface area contributed by atoms with Crippen LogP contribution in [0.4, 0.5) is 0 Å². The standard InChI is InChI=1S/C12H20O2/c1-9-5-7-12(4,11(9,2)3)8-6-10(13)14/h6,8-9H,5,7H2,1-4H3,(H,13,14)/b8-6+/t9-,12+/m1/s1. The van der Waals surface area contributed by atoms with Crippen molar-refractivity contribution in [2.75, 3.05) is 0 Å². The Bertz CT molecular complexity index is 265. The van der Waals surface area contributed by atoms with Crippen LogP contribution in [0, 0.1) is 16.7 Å². The minimum Gasteiger partial charge on any atom is -0.478 e. The van der Waals surface area contributed by atoms with E-state index in [1.807, 2.05) is 6.08 Å². The van der Waals surface area contributed by atoms with E-state index in [4.69, 9.17) is 5.11 Å². The Kier molecular flexibility index (Phi) is 2.75. The van der Waals surface area contributed by atoms with E-state index in [2.05, 4.69) is 27.7 Å². The first kappa shape index (κ1) is 11.3. The molecule has 0 radical (unpaired) electrons. The van der Waals surface area contributed by atoms with Gasteiger partial charge in [0.1, 0.15) is 0 Å². The van der Waals surface area contributed by atoms with Crippen LogP contribution >= 0.6 is 0 Å². The van der Waals surface area contributed by atoms with Crippen molar-refractivity contribution in [3.8, 4) is 0 Å². The molecule has 1 aliphatic rings. The normalized spacial score (nSPS) is 36.4. The number of allylic oxidation sites excluding steroid dienone is 1. The molecule has 0 heterocycles. The third-order valence-electron chi connectivity index (χ3n) is 4.39. The van der Waals surface area contributed by atoms with Crippen LogP contribution in [-0.4, -0.2) is 11.1 Å². The van der Waals surface area contributed by atoms with Crippen molar-refractivity contribution >= 4 is 5.97 Å². The summed E-state index contributed by atoms with van der Waals surface area (Å²) in [6.45, 7) is 8.88. The number of rotatable bonds is 2. The third-order valence-corrected chi connectivity index (χ3v) is 4.39. The largest absolute Gasteiger partial charge is 0.478 e. The SMILES string of the molecule is C[C@@H]1CC[C@@](C)(/C=C/C(=O)O)C1(C)C. The van der Waals surface area contributed by atoms with E-state index in [1.54, 1.807) is 0 Å². The van der Waals surface area contributed by atoms with Gasteiger partial charge >= 0.3 is 5.97 Å². The molecule has 0 amide bonds. The van der Waals surface area contributed by atoms with Gasteiger partial charge in [0.05, 0.1) is 0 Å². The highest BCUT2D eigenvalue weighted by Gasteiger charge is 2.47. The molecular formula is C12H20O2. The second kappa shape index (κ2) is 3.41. The number of aliphatic carboxylic acids is 1. The van der Waals surface area contributed by atoms with E-state index in [0.717, 1.165) is 6.42 Å². The zero-order chi connectivity index (χ0) is 11.0. The molecule has 2 nitrogen and oxygen atoms in total. The molecule has 2 atom stereocenters. The van der Waals surface area contributed by atoms with E-state index in [0.29, 0.717) is 5.92 Å². The van der Waals surface area contributed by atoms with Crippen molar-refractivity contribution in [2.24, 2.45) is 16.7 Å². The van der Waals surface area contributed by atoms with E-state index >= 15 is 0 Å². The highest BCUT2D eigenvalue weighted by atomic mass is 16.4. The summed E-state index contributed by atoms with van der Waals surface area (Å²) in [6.07, 6.45) is 5.44. The Morgan fingerprint density at radius 1 is 1.43 bits per heavy atom. The van der Waals surface area contributed by atoms with E-state index in [9.17, 15) is 4.79 Å². The molecule has 0 aliphatic heterocycles. The van der Waals surface area contributed by atoms with E-state index in [1.165, 1.54) is 12.5 Å². The molecule has 0 aromatic rings. The van der Waals surface area contributed by atoms with Gasteiger partial charge in [-0.05, 0) is 29.6 Å². The third kappa shape index (κ3) is 1.70. The highest BCUT2D eigenvalue weighted by molar-refractivity contribution is 5.79. The predicted octanol–water partition coefficient (Wildman–Crippen LogP) is 3.09. The molecule has 0 saturated heterocycles. The zero-order valence-electron chi connectivity index (χ0n) is 9.50. The van der Waals surface area contributed by atoms with Gasteiger partial charge in [0, 0.05) is 6.08 Å². The molecule has 1 fully saturated rings. The summed E-state index contributed by atoms with van der Waals surface area (Å²) in [7, 11) is 0. The number of carboxylic acids is 1. The van der Waals surface area contributed by atoms with Crippen LogP contribution in [-0.2, 0) is 4.79 Å². The minimum absolute atomic E-state index is 0.0325. The molecule has 0 spiro atoms. The molecule has 1 aliphatic carbocycles. The number of hydrogen-bond acceptors (Lipinski definition) is 1. The van der Waals surface area contributed by atoms with Gasteiger partial charge in [0.2, 0.25) is 0 Å². The van der Waals surface area contributed by atoms with Crippen LogP contribution in [0.5, 0.6) is 0 Å². The first-order chi connectivity index (χ1) is 6.29. The summed E-state index contributed by atoms with van der Waals surface area (Å²) in [4.78, 5) is 10.5. The van der Waals surface area contributed by atoms with Crippen molar-refractivity contribution in [2.45, 2.75) is 40.5 Å². The van der Waals surface area contributed by atoms with Crippen molar-refractivity contribution in [1.29, 1.82) is 0 Å². The van der Waals surface area contributed by atoms with Gasteiger partial charge in [-0.3, -0.25) is 0 Å². The Morgan fingerprint density at radius 2 is 2.00 bits per heavy atom. The Hall–Kier alpha value is -0.790. The number of carbonyl (C=O) groups is 1. The lowest BCUT2D eigenvalue weighted by Crippen LogP contribution is -2.31. The fourth-order valence-corrected chi connectivity index (χ4v) is 2.32. The van der Waals surface area contributed by atoms with Crippen LogP contribution in [0.3, 0.4) is 0 Å². The maximum absolute atomic E-state index is 10.5. The highest BCUT2D eigenvalue weighted by Crippen LogP contribution is 2.56. The minimum atomic E-state index is -0.846. The molecule has 0 unspecified atom stereocenters. The number of carboxylic acid groups (broad SMARTS) is 1. The summed E-state index contributed by atoms with van der Waals surface area (Å²) in [5.41, 5.74) is 0.226. The van der Waals surface area contributed by atoms with Crippen molar-refractivity contribution in [1.82, 2.24) is 0 Å². The molecule has 0 bridgehead atoms. The quantitative estimate of drug-likeness (QED) is 0.689. The topological polar surface area (TPSA) is 37.3 Å². The summed E-state index contributed by atoms with van der Waals surface area (Å²) < 4.78 is 0. The van der Waals surface area contributed by atoms with Gasteiger partial charge in [0.25, 0.3) is 0 Å². The molecule has 14 heavy (non-hydrogen) atoms. The van der Waals surface area contributed by atoms with Crippen molar-refractivity contribution < 1.29 is 9.90 Å². The maximum Gasteiger partial charge on any atom is 0.327 e. The molecule has 80 valence electrons. The summed E-state index contributed by atoms with van der Waals surface area (Å²) in [6, 6.07) is 0. The molecule has 2 heteroatoms. The smallest absolute Gasteiger partial charge is 0.327 e. The first-order valence-electron chi connectivity index (χ1n) is 5.22. The van der Waals surface area contributed by atoms with Crippen LogP contribution in [0.2, 0.25) is 0 Å². The van der Waals surface area contributed by atoms with Crippen LogP contribution < -0.4 is 0 Å². The van der Waals surface area contributed by atoms with Crippen LogP contribution in [0.15, 0.2) is 12.2 Å². The van der Waals surface area contributed by atoms with E-state index < -0.39 is 5.97 Å². The second-order valence-corrected chi connectivity index (χ2v) is 5.25. The van der Waals surface area contributed by atoms with Gasteiger partial charge in [-0.15, -0.1) is 0 Å². The van der Waals surface area contributed by atoms with Crippen LogP contribution in [0.25, 0.3) is 0 Å². The molecule has 1 rings (SSSR count). The molecule has 0 aromatic carbocycles. The maximum atomic E-state index is 10.5. The fraction of sp³-hybridized carbons (Fsp3) is 0.750. The predicted molar refractivity (Wildman–Crippen MR) is 57.1 cm³/mol. The summed E-state index contributed by atoms with van der Waals surface area (Å²) in [5, 5.41) is 8.64. The molecular weight excluding hydrogens is 176 g/mol. The van der Waals surface area contributed by atoms with Crippen molar-refractivity contribution in [3.63, 3.8) is 0 Å². The van der Waals surface area contributed by atoms with Gasteiger partial charge in [0.15, 0.2) is 0 Å². The van der Waals surface area contributed by atoms with Gasteiger partial charge in [-0.2, -0.15) is 0 Å². The Morgan fingerprint density at radius 3 is 2.36 bits per heavy atom. The Labute approximate surface area is 86.0 Å². The van der Waals surface area contributed by atoms with Gasteiger partial charge < -0.3 is 5.11 Å². The summed E-state index contributed by atoms with van der Waals surface area (Å²) >= 11 is 0. The molecule has 1 saturated carbocycles. The average Bonchev–Trinajstić information content (AvgIpc) is 2.27. The lowest BCUT2D eigenvalue weighted by atomic mass is 9.66. The lowest BCUT2D eigenvalue weighted by molar-refractivity contribution is -0.131.